The van der Waals surface area contributed by atoms with Crippen LogP contribution in [0.25, 0.3) is 0 Å². The number of hydrogen-bond acceptors (Lipinski definition) is 5. The number of hydrogen-bond donors (Lipinski definition) is 2. The van der Waals surface area contributed by atoms with Gasteiger partial charge >= 0.3 is 0 Å². The molecule has 0 aliphatic carbocycles. The number of sulfonamides is 1. The monoisotopic (exact) mass is 295 g/mol. The second kappa shape index (κ2) is 6.49. The molecule has 0 radical (unpaired) electrons. The van der Waals surface area contributed by atoms with E-state index in [1.165, 1.54) is 7.05 Å². The lowest BCUT2D eigenvalue weighted by atomic mass is 10.3. The van der Waals surface area contributed by atoms with E-state index in [-0.39, 0.29) is 4.90 Å². The molecule has 0 unspecified atom stereocenters. The lowest BCUT2D eigenvalue weighted by Crippen LogP contribution is -2.20. The first-order valence-corrected chi connectivity index (χ1v) is 7.72. The van der Waals surface area contributed by atoms with Gasteiger partial charge in [0.15, 0.2) is 0 Å². The minimum Gasteiger partial charge on any atom is -0.384 e. The van der Waals surface area contributed by atoms with Crippen LogP contribution < -0.4 is 10.0 Å². The van der Waals surface area contributed by atoms with Crippen molar-refractivity contribution in [2.75, 3.05) is 18.9 Å². The zero-order chi connectivity index (χ0) is 14.4. The van der Waals surface area contributed by atoms with Crippen LogP contribution in [0.1, 0.15) is 6.42 Å². The molecule has 0 aliphatic heterocycles. The van der Waals surface area contributed by atoms with Crippen LogP contribution in [-0.2, 0) is 16.6 Å². The van der Waals surface area contributed by atoms with Gasteiger partial charge in [-0.25, -0.2) is 13.1 Å². The van der Waals surface area contributed by atoms with E-state index < -0.39 is 10.0 Å². The van der Waals surface area contributed by atoms with Crippen LogP contribution in [0.2, 0.25) is 0 Å². The molecule has 0 amide bonds. The standard InChI is InChI=1S/C12H17N5O2S/c1-13-20(18,19)12-6-3-2-5-11(12)14-7-4-9-17-10-8-15-16-17/h2-3,5-6,8,10,13-14H,4,7,9H2,1H3. The number of nitrogens with one attached hydrogen (secondary N) is 2. The molecule has 0 saturated heterocycles. The van der Waals surface area contributed by atoms with Gasteiger partial charge in [0.05, 0.1) is 11.9 Å². The Hall–Kier alpha value is -1.93. The Bertz CT molecular complexity index is 640. The van der Waals surface area contributed by atoms with Gasteiger partial charge in [0.25, 0.3) is 0 Å². The van der Waals surface area contributed by atoms with Gasteiger partial charge in [0.1, 0.15) is 4.90 Å². The highest BCUT2D eigenvalue weighted by Gasteiger charge is 2.15. The van der Waals surface area contributed by atoms with Crippen molar-refractivity contribution in [3.63, 3.8) is 0 Å². The second-order valence-electron chi connectivity index (χ2n) is 4.15. The normalized spacial score (nSPS) is 11.4. The van der Waals surface area contributed by atoms with Crippen molar-refractivity contribution >= 4 is 15.7 Å². The van der Waals surface area contributed by atoms with Crippen molar-refractivity contribution in [2.24, 2.45) is 0 Å². The van der Waals surface area contributed by atoms with Crippen molar-refractivity contribution in [2.45, 2.75) is 17.9 Å². The summed E-state index contributed by atoms with van der Waals surface area (Å²) in [4.78, 5) is 0.253. The number of aryl methyl sites for hydroxylation is 1. The molecule has 0 atom stereocenters. The molecule has 2 aromatic rings. The molecule has 0 saturated carbocycles. The summed E-state index contributed by atoms with van der Waals surface area (Å²) in [6.07, 6.45) is 4.24. The van der Waals surface area contributed by atoms with Gasteiger partial charge in [-0.05, 0) is 25.6 Å². The topological polar surface area (TPSA) is 88.9 Å². The van der Waals surface area contributed by atoms with Crippen molar-refractivity contribution < 1.29 is 8.42 Å². The SMILES string of the molecule is CNS(=O)(=O)c1ccccc1NCCCn1ccnn1. The van der Waals surface area contributed by atoms with Crippen LogP contribution in [0.4, 0.5) is 5.69 Å². The quantitative estimate of drug-likeness (QED) is 0.734. The lowest BCUT2D eigenvalue weighted by molar-refractivity contribution is 0.569. The van der Waals surface area contributed by atoms with E-state index in [1.54, 1.807) is 41.3 Å². The summed E-state index contributed by atoms with van der Waals surface area (Å²) in [6, 6.07) is 6.82. The van der Waals surface area contributed by atoms with Gasteiger partial charge in [-0.2, -0.15) is 0 Å². The largest absolute Gasteiger partial charge is 0.384 e. The van der Waals surface area contributed by atoms with Crippen molar-refractivity contribution in [3.05, 3.63) is 36.7 Å². The number of nitrogens with zero attached hydrogens (tertiary/aromatic N) is 3. The summed E-state index contributed by atoms with van der Waals surface area (Å²) in [7, 11) is -2.05. The average Bonchev–Trinajstić information content (AvgIpc) is 2.97. The molecule has 8 heteroatoms. The molecule has 0 bridgehead atoms. The minimum absolute atomic E-state index is 0.253. The summed E-state index contributed by atoms with van der Waals surface area (Å²) in [5.41, 5.74) is 0.598. The summed E-state index contributed by atoms with van der Waals surface area (Å²) >= 11 is 0. The first-order valence-electron chi connectivity index (χ1n) is 6.24. The zero-order valence-corrected chi connectivity index (χ0v) is 12.0. The van der Waals surface area contributed by atoms with Gasteiger partial charge < -0.3 is 5.32 Å². The molecule has 108 valence electrons. The minimum atomic E-state index is -3.45. The fraction of sp³-hybridized carbons (Fsp3) is 0.333. The summed E-state index contributed by atoms with van der Waals surface area (Å²) in [5.74, 6) is 0. The van der Waals surface area contributed by atoms with Gasteiger partial charge in [-0.15, -0.1) is 5.10 Å². The number of para-hydroxylation sites is 1. The molecule has 2 N–H and O–H groups in total. The van der Waals surface area contributed by atoms with Crippen LogP contribution in [0.5, 0.6) is 0 Å². The van der Waals surface area contributed by atoms with E-state index in [1.807, 2.05) is 0 Å². The number of benzene rings is 1. The van der Waals surface area contributed by atoms with Crippen LogP contribution in [0, 0.1) is 0 Å². The molecule has 0 spiro atoms. The highest BCUT2D eigenvalue weighted by atomic mass is 32.2. The van der Waals surface area contributed by atoms with E-state index >= 15 is 0 Å². The third-order valence-electron chi connectivity index (χ3n) is 2.80. The molecule has 1 aromatic heterocycles. The maximum atomic E-state index is 11.9. The lowest BCUT2D eigenvalue weighted by Gasteiger charge is -2.11. The van der Waals surface area contributed by atoms with Crippen LogP contribution >= 0.6 is 0 Å². The Labute approximate surface area is 118 Å². The van der Waals surface area contributed by atoms with Crippen molar-refractivity contribution in [1.29, 1.82) is 0 Å². The second-order valence-corrected chi connectivity index (χ2v) is 6.01. The van der Waals surface area contributed by atoms with E-state index in [4.69, 9.17) is 0 Å². The summed E-state index contributed by atoms with van der Waals surface area (Å²) < 4.78 is 27.8. The highest BCUT2D eigenvalue weighted by Crippen LogP contribution is 2.20. The Morgan fingerprint density at radius 2 is 2.10 bits per heavy atom. The molecular weight excluding hydrogens is 278 g/mol. The van der Waals surface area contributed by atoms with Crippen LogP contribution in [0.15, 0.2) is 41.6 Å². The maximum absolute atomic E-state index is 11.9. The van der Waals surface area contributed by atoms with Crippen molar-refractivity contribution in [3.8, 4) is 0 Å². The maximum Gasteiger partial charge on any atom is 0.242 e. The van der Waals surface area contributed by atoms with Gasteiger partial charge in [0, 0.05) is 19.3 Å². The van der Waals surface area contributed by atoms with Crippen molar-refractivity contribution in [1.82, 2.24) is 19.7 Å². The molecule has 20 heavy (non-hydrogen) atoms. The molecular formula is C12H17N5O2S. The zero-order valence-electron chi connectivity index (χ0n) is 11.2. The predicted molar refractivity (Wildman–Crippen MR) is 75.8 cm³/mol. The Morgan fingerprint density at radius 1 is 1.30 bits per heavy atom. The number of rotatable bonds is 7. The highest BCUT2D eigenvalue weighted by molar-refractivity contribution is 7.89. The number of aromatic nitrogens is 3. The summed E-state index contributed by atoms with van der Waals surface area (Å²) in [5, 5.41) is 10.7. The Morgan fingerprint density at radius 3 is 2.80 bits per heavy atom. The molecule has 0 fully saturated rings. The Kier molecular flexibility index (Phi) is 4.70. The molecule has 7 nitrogen and oxygen atoms in total. The van der Waals surface area contributed by atoms with Crippen LogP contribution in [0.3, 0.4) is 0 Å². The van der Waals surface area contributed by atoms with Gasteiger partial charge in [0.2, 0.25) is 10.0 Å². The van der Waals surface area contributed by atoms with E-state index in [9.17, 15) is 8.42 Å². The fourth-order valence-electron chi connectivity index (χ4n) is 1.77. The average molecular weight is 295 g/mol. The van der Waals surface area contributed by atoms with E-state index in [0.29, 0.717) is 12.2 Å². The first-order chi connectivity index (χ1) is 9.63. The Balaban J connectivity index is 1.96. The first kappa shape index (κ1) is 14.5. The molecule has 1 aromatic carbocycles. The predicted octanol–water partition coefficient (Wildman–Crippen LogP) is 0.688. The van der Waals surface area contributed by atoms with Crippen LogP contribution in [-0.4, -0.2) is 37.0 Å². The third-order valence-corrected chi connectivity index (χ3v) is 4.27. The smallest absolute Gasteiger partial charge is 0.242 e. The molecule has 2 rings (SSSR count). The molecule has 0 aliphatic rings. The summed E-state index contributed by atoms with van der Waals surface area (Å²) in [6.45, 7) is 1.38. The van der Waals surface area contributed by atoms with E-state index in [2.05, 4.69) is 20.4 Å². The van der Waals surface area contributed by atoms with E-state index in [0.717, 1.165) is 13.0 Å². The third kappa shape index (κ3) is 3.55. The van der Waals surface area contributed by atoms with Gasteiger partial charge in [-0.3, -0.25) is 4.68 Å². The molecule has 1 heterocycles. The fourth-order valence-corrected chi connectivity index (χ4v) is 2.68. The number of anilines is 1. The van der Waals surface area contributed by atoms with Gasteiger partial charge in [-0.1, -0.05) is 17.3 Å².